The zero-order valence-corrected chi connectivity index (χ0v) is 17.5. The van der Waals surface area contributed by atoms with Gasteiger partial charge in [-0.05, 0) is 45.4 Å². The van der Waals surface area contributed by atoms with Gasteiger partial charge in [-0.2, -0.15) is 0 Å². The summed E-state index contributed by atoms with van der Waals surface area (Å²) in [5.41, 5.74) is 0.886. The predicted molar refractivity (Wildman–Crippen MR) is 106 cm³/mol. The Morgan fingerprint density at radius 3 is 2.81 bits per heavy atom. The number of carbonyl (C=O) groups is 2. The van der Waals surface area contributed by atoms with Crippen LogP contribution in [0.1, 0.15) is 47.7 Å². The normalized spacial score (nSPS) is 22.9. The van der Waals surface area contributed by atoms with E-state index in [0.29, 0.717) is 25.3 Å². The van der Waals surface area contributed by atoms with Crippen molar-refractivity contribution in [2.45, 2.75) is 58.4 Å². The Morgan fingerprint density at radius 2 is 2.15 bits per heavy atom. The van der Waals surface area contributed by atoms with Crippen molar-refractivity contribution in [2.75, 3.05) is 33.4 Å². The van der Waals surface area contributed by atoms with E-state index in [9.17, 15) is 9.59 Å². The Balaban J connectivity index is 1.50. The number of nitrogens with zero attached hydrogens (tertiary/aromatic N) is 3. The van der Waals surface area contributed by atoms with E-state index in [4.69, 9.17) is 4.74 Å². The number of likely N-dealkylation sites (tertiary alicyclic amines) is 1. The van der Waals surface area contributed by atoms with Crippen molar-refractivity contribution in [3.63, 3.8) is 0 Å². The van der Waals surface area contributed by atoms with Crippen molar-refractivity contribution in [3.8, 4) is 0 Å². The Hall–Kier alpha value is -1.47. The fraction of sp³-hybridized carbons (Fsp3) is 0.750. The Labute approximate surface area is 165 Å². The zero-order chi connectivity index (χ0) is 19.4. The van der Waals surface area contributed by atoms with Gasteiger partial charge >= 0.3 is 0 Å². The number of hydrogen-bond acceptors (Lipinski definition) is 5. The Morgan fingerprint density at radius 1 is 1.33 bits per heavy atom. The van der Waals surface area contributed by atoms with Crippen molar-refractivity contribution in [1.82, 2.24) is 14.8 Å². The van der Waals surface area contributed by atoms with E-state index in [1.54, 1.807) is 11.3 Å². The highest BCUT2D eigenvalue weighted by atomic mass is 32.1. The molecule has 2 saturated heterocycles. The van der Waals surface area contributed by atoms with Crippen molar-refractivity contribution in [3.05, 3.63) is 15.6 Å². The topological polar surface area (TPSA) is 62.7 Å². The molecule has 150 valence electrons. The number of piperidine rings is 1. The summed E-state index contributed by atoms with van der Waals surface area (Å²) in [6.07, 6.45) is 4.83. The molecule has 2 aliphatic heterocycles. The van der Waals surface area contributed by atoms with Crippen LogP contribution in [0, 0.1) is 19.8 Å². The molecule has 0 saturated carbocycles. The van der Waals surface area contributed by atoms with E-state index in [-0.39, 0.29) is 17.9 Å². The summed E-state index contributed by atoms with van der Waals surface area (Å²) in [5.74, 6) is 0.841. The van der Waals surface area contributed by atoms with Gasteiger partial charge < -0.3 is 14.5 Å². The summed E-state index contributed by atoms with van der Waals surface area (Å²) in [5, 5.41) is 1.00. The molecule has 2 amide bonds. The standard InChI is InChI=1S/C20H31N3O3S/c1-14-18(21-15(2)27-14)11-20(25)22(3)17-5-4-9-23(12-17)19(24)7-6-16-8-10-26-13-16/h16-17H,4-13H2,1-3H3. The molecular formula is C20H31N3O3S. The molecule has 3 heterocycles. The quantitative estimate of drug-likeness (QED) is 0.745. The van der Waals surface area contributed by atoms with Gasteiger partial charge in [0.1, 0.15) is 0 Å². The van der Waals surface area contributed by atoms with Crippen LogP contribution in [0.5, 0.6) is 0 Å². The van der Waals surface area contributed by atoms with E-state index < -0.39 is 0 Å². The van der Waals surface area contributed by atoms with E-state index in [1.807, 2.05) is 30.7 Å². The lowest BCUT2D eigenvalue weighted by molar-refractivity contribution is -0.138. The van der Waals surface area contributed by atoms with Crippen LogP contribution in [0.4, 0.5) is 0 Å². The molecule has 0 bridgehead atoms. The van der Waals surface area contributed by atoms with Crippen LogP contribution < -0.4 is 0 Å². The molecule has 0 aromatic carbocycles. The number of carbonyl (C=O) groups excluding carboxylic acids is 2. The van der Waals surface area contributed by atoms with Crippen molar-refractivity contribution in [2.24, 2.45) is 5.92 Å². The molecule has 1 aromatic heterocycles. The summed E-state index contributed by atoms with van der Waals surface area (Å²) in [4.78, 5) is 34.7. The third-order valence-electron chi connectivity index (χ3n) is 5.80. The summed E-state index contributed by atoms with van der Waals surface area (Å²) in [6, 6.07) is 0.102. The maximum absolute atomic E-state index is 12.7. The maximum atomic E-state index is 12.7. The molecule has 2 atom stereocenters. The lowest BCUT2D eigenvalue weighted by Crippen LogP contribution is -2.50. The van der Waals surface area contributed by atoms with Crippen LogP contribution in [0.3, 0.4) is 0 Å². The number of likely N-dealkylation sites (N-methyl/N-ethyl adjacent to an activating group) is 1. The number of thiazole rings is 1. The first-order valence-corrected chi connectivity index (χ1v) is 10.8. The molecule has 2 aliphatic rings. The van der Waals surface area contributed by atoms with E-state index in [2.05, 4.69) is 4.98 Å². The SMILES string of the molecule is Cc1nc(CC(=O)N(C)C2CCCN(C(=O)CCC3CCOC3)C2)c(C)s1. The van der Waals surface area contributed by atoms with Gasteiger partial charge in [0.25, 0.3) is 0 Å². The molecule has 3 rings (SSSR count). The van der Waals surface area contributed by atoms with Crippen LogP contribution in [0.2, 0.25) is 0 Å². The van der Waals surface area contributed by atoms with Gasteiger partial charge in [-0.25, -0.2) is 4.98 Å². The molecular weight excluding hydrogens is 362 g/mol. The van der Waals surface area contributed by atoms with Gasteiger partial charge in [0.05, 0.1) is 17.1 Å². The molecule has 7 heteroatoms. The van der Waals surface area contributed by atoms with Gasteiger partial charge in [0.15, 0.2) is 0 Å². The second-order valence-electron chi connectivity index (χ2n) is 7.82. The zero-order valence-electron chi connectivity index (χ0n) is 16.7. The fourth-order valence-corrected chi connectivity index (χ4v) is 4.84. The monoisotopic (exact) mass is 393 g/mol. The number of aryl methyl sites for hydroxylation is 2. The van der Waals surface area contributed by atoms with Crippen LogP contribution >= 0.6 is 11.3 Å². The van der Waals surface area contributed by atoms with Crippen molar-refractivity contribution < 1.29 is 14.3 Å². The average molecular weight is 394 g/mol. The molecule has 0 radical (unpaired) electrons. The molecule has 27 heavy (non-hydrogen) atoms. The number of aromatic nitrogens is 1. The highest BCUT2D eigenvalue weighted by Gasteiger charge is 2.29. The molecule has 0 aliphatic carbocycles. The smallest absolute Gasteiger partial charge is 0.228 e. The minimum absolute atomic E-state index is 0.0887. The lowest BCUT2D eigenvalue weighted by Gasteiger charge is -2.38. The van der Waals surface area contributed by atoms with E-state index in [0.717, 1.165) is 61.0 Å². The third kappa shape index (κ3) is 5.29. The van der Waals surface area contributed by atoms with E-state index >= 15 is 0 Å². The predicted octanol–water partition coefficient (Wildman–Crippen LogP) is 2.57. The number of amides is 2. The first-order chi connectivity index (χ1) is 12.9. The minimum Gasteiger partial charge on any atom is -0.381 e. The summed E-state index contributed by atoms with van der Waals surface area (Å²) in [7, 11) is 1.87. The van der Waals surface area contributed by atoms with Crippen molar-refractivity contribution >= 4 is 23.2 Å². The van der Waals surface area contributed by atoms with E-state index in [1.165, 1.54) is 0 Å². The fourth-order valence-electron chi connectivity index (χ4n) is 4.00. The Kier molecular flexibility index (Phi) is 6.87. The van der Waals surface area contributed by atoms with Crippen LogP contribution in [-0.2, 0) is 20.7 Å². The molecule has 2 fully saturated rings. The molecule has 0 N–H and O–H groups in total. The summed E-state index contributed by atoms with van der Waals surface area (Å²) in [6.45, 7) is 7.07. The minimum atomic E-state index is 0.0887. The number of hydrogen-bond donors (Lipinski definition) is 0. The average Bonchev–Trinajstić information content (AvgIpc) is 3.28. The lowest BCUT2D eigenvalue weighted by atomic mass is 10.00. The van der Waals surface area contributed by atoms with Gasteiger partial charge in [-0.3, -0.25) is 9.59 Å². The van der Waals surface area contributed by atoms with Gasteiger partial charge in [0.2, 0.25) is 11.8 Å². The Bertz CT molecular complexity index is 669. The molecule has 0 spiro atoms. The first kappa shape index (κ1) is 20.3. The first-order valence-electron chi connectivity index (χ1n) is 9.98. The summed E-state index contributed by atoms with van der Waals surface area (Å²) < 4.78 is 5.39. The van der Waals surface area contributed by atoms with Gasteiger partial charge in [0, 0.05) is 50.7 Å². The molecule has 6 nitrogen and oxygen atoms in total. The van der Waals surface area contributed by atoms with Crippen molar-refractivity contribution in [1.29, 1.82) is 0 Å². The van der Waals surface area contributed by atoms with Crippen LogP contribution in [0.25, 0.3) is 0 Å². The maximum Gasteiger partial charge on any atom is 0.228 e. The molecule has 1 aromatic rings. The van der Waals surface area contributed by atoms with Gasteiger partial charge in [-0.1, -0.05) is 0 Å². The second kappa shape index (κ2) is 9.15. The molecule has 2 unspecified atom stereocenters. The second-order valence-corrected chi connectivity index (χ2v) is 9.23. The highest BCUT2D eigenvalue weighted by Crippen LogP contribution is 2.22. The third-order valence-corrected chi connectivity index (χ3v) is 6.73. The van der Waals surface area contributed by atoms with Crippen LogP contribution in [0.15, 0.2) is 0 Å². The number of ether oxygens (including phenoxy) is 1. The van der Waals surface area contributed by atoms with Crippen LogP contribution in [-0.4, -0.2) is 66.0 Å². The highest BCUT2D eigenvalue weighted by molar-refractivity contribution is 7.11. The largest absolute Gasteiger partial charge is 0.381 e. The van der Waals surface area contributed by atoms with Gasteiger partial charge in [-0.15, -0.1) is 11.3 Å². The number of rotatable bonds is 6. The summed E-state index contributed by atoms with van der Waals surface area (Å²) >= 11 is 1.63.